The van der Waals surface area contributed by atoms with Crippen LogP contribution >= 0.6 is 0 Å². The van der Waals surface area contributed by atoms with Crippen molar-refractivity contribution in [3.8, 4) is 22.6 Å². The molecular weight excluding hydrogens is 392 g/mol. The first-order valence-corrected chi connectivity index (χ1v) is 9.72. The zero-order chi connectivity index (χ0) is 22.0. The number of aryl methyl sites for hydroxylation is 2. The molecule has 0 spiro atoms. The van der Waals surface area contributed by atoms with Crippen LogP contribution in [0.3, 0.4) is 0 Å². The van der Waals surface area contributed by atoms with Gasteiger partial charge in [0, 0.05) is 5.69 Å². The third kappa shape index (κ3) is 4.40. The minimum absolute atomic E-state index is 0.304. The fourth-order valence-electron chi connectivity index (χ4n) is 3.33. The third-order valence-corrected chi connectivity index (χ3v) is 4.96. The summed E-state index contributed by atoms with van der Waals surface area (Å²) in [5.74, 6) is 1.36. The van der Waals surface area contributed by atoms with E-state index in [1.807, 2.05) is 44.2 Å². The van der Waals surface area contributed by atoms with Crippen LogP contribution in [0.1, 0.15) is 11.1 Å². The molecule has 0 radical (unpaired) electrons. The lowest BCUT2D eigenvalue weighted by molar-refractivity contribution is 0.262. The SMILES string of the molecule is COc1ccc(NC(=O)Nc2cnc3ccc(-c4cc(C)c(O)c(C)c4)cc3n2)cc1. The summed E-state index contributed by atoms with van der Waals surface area (Å²) in [7, 11) is 1.59. The number of amides is 2. The van der Waals surface area contributed by atoms with E-state index in [-0.39, 0.29) is 0 Å². The lowest BCUT2D eigenvalue weighted by atomic mass is 9.99. The Morgan fingerprint density at radius 3 is 2.29 bits per heavy atom. The number of rotatable bonds is 4. The van der Waals surface area contributed by atoms with E-state index in [2.05, 4.69) is 20.6 Å². The molecule has 0 aliphatic carbocycles. The van der Waals surface area contributed by atoms with Gasteiger partial charge in [0.15, 0.2) is 5.82 Å². The molecule has 31 heavy (non-hydrogen) atoms. The number of hydrogen-bond donors (Lipinski definition) is 3. The highest BCUT2D eigenvalue weighted by Crippen LogP contribution is 2.30. The van der Waals surface area contributed by atoms with Gasteiger partial charge in [0.05, 0.1) is 24.3 Å². The Hall–Kier alpha value is -4.13. The van der Waals surface area contributed by atoms with Crippen molar-refractivity contribution < 1.29 is 14.6 Å². The molecule has 0 atom stereocenters. The molecule has 3 aromatic carbocycles. The van der Waals surface area contributed by atoms with E-state index >= 15 is 0 Å². The van der Waals surface area contributed by atoms with Crippen molar-refractivity contribution in [1.29, 1.82) is 0 Å². The van der Waals surface area contributed by atoms with Gasteiger partial charge < -0.3 is 15.2 Å². The van der Waals surface area contributed by atoms with Gasteiger partial charge in [-0.3, -0.25) is 10.3 Å². The second-order valence-corrected chi connectivity index (χ2v) is 7.23. The number of urea groups is 1. The molecule has 3 N–H and O–H groups in total. The molecule has 0 bridgehead atoms. The van der Waals surface area contributed by atoms with Gasteiger partial charge in [-0.1, -0.05) is 6.07 Å². The van der Waals surface area contributed by atoms with Gasteiger partial charge in [0.2, 0.25) is 0 Å². The van der Waals surface area contributed by atoms with Crippen molar-refractivity contribution in [3.63, 3.8) is 0 Å². The monoisotopic (exact) mass is 414 g/mol. The number of fused-ring (bicyclic) bond motifs is 1. The van der Waals surface area contributed by atoms with E-state index in [0.717, 1.165) is 27.8 Å². The predicted molar refractivity (Wildman–Crippen MR) is 122 cm³/mol. The Balaban J connectivity index is 1.56. The van der Waals surface area contributed by atoms with Crippen LogP contribution in [0.15, 0.2) is 60.8 Å². The Kier molecular flexibility index (Phi) is 5.41. The molecule has 4 rings (SSSR count). The first-order valence-electron chi connectivity index (χ1n) is 9.72. The van der Waals surface area contributed by atoms with Crippen LogP contribution in [0.4, 0.5) is 16.3 Å². The fraction of sp³-hybridized carbons (Fsp3) is 0.125. The van der Waals surface area contributed by atoms with Crippen LogP contribution in [0.5, 0.6) is 11.5 Å². The molecule has 0 saturated heterocycles. The molecule has 7 nitrogen and oxygen atoms in total. The molecule has 1 heterocycles. The Labute approximate surface area is 179 Å². The zero-order valence-electron chi connectivity index (χ0n) is 17.4. The minimum Gasteiger partial charge on any atom is -0.507 e. The number of anilines is 2. The van der Waals surface area contributed by atoms with Crippen molar-refractivity contribution in [1.82, 2.24) is 9.97 Å². The van der Waals surface area contributed by atoms with Gasteiger partial charge in [-0.2, -0.15) is 0 Å². The summed E-state index contributed by atoms with van der Waals surface area (Å²) in [5.41, 5.74) is 5.56. The highest BCUT2D eigenvalue weighted by molar-refractivity contribution is 5.99. The van der Waals surface area contributed by atoms with Crippen molar-refractivity contribution >= 4 is 28.6 Å². The van der Waals surface area contributed by atoms with Gasteiger partial charge in [-0.15, -0.1) is 0 Å². The summed E-state index contributed by atoms with van der Waals surface area (Å²) < 4.78 is 5.11. The Bertz CT molecular complexity index is 1250. The number of methoxy groups -OCH3 is 1. The van der Waals surface area contributed by atoms with E-state index in [1.54, 1.807) is 31.4 Å². The lowest BCUT2D eigenvalue weighted by Gasteiger charge is -2.10. The summed E-state index contributed by atoms with van der Waals surface area (Å²) in [6, 6.07) is 16.2. The number of phenolic OH excluding ortho intramolecular Hbond substituents is 1. The van der Waals surface area contributed by atoms with Crippen LogP contribution in [-0.2, 0) is 0 Å². The minimum atomic E-state index is -0.417. The average Bonchev–Trinajstić information content (AvgIpc) is 2.77. The van der Waals surface area contributed by atoms with E-state index in [4.69, 9.17) is 4.74 Å². The normalized spacial score (nSPS) is 10.7. The van der Waals surface area contributed by atoms with E-state index in [0.29, 0.717) is 28.5 Å². The molecule has 0 saturated carbocycles. The molecule has 4 aromatic rings. The molecule has 156 valence electrons. The molecular formula is C24H22N4O3. The fourth-order valence-corrected chi connectivity index (χ4v) is 3.33. The van der Waals surface area contributed by atoms with Gasteiger partial charge >= 0.3 is 6.03 Å². The average molecular weight is 414 g/mol. The van der Waals surface area contributed by atoms with Gasteiger partial charge in [-0.25, -0.2) is 9.78 Å². The molecule has 2 amide bonds. The molecule has 0 aliphatic rings. The van der Waals surface area contributed by atoms with Crippen LogP contribution in [0.2, 0.25) is 0 Å². The molecule has 1 aromatic heterocycles. The maximum Gasteiger partial charge on any atom is 0.324 e. The number of phenols is 1. The van der Waals surface area contributed by atoms with E-state index < -0.39 is 6.03 Å². The standard InChI is InChI=1S/C24H22N4O3/c1-14-10-17(11-15(2)23(14)29)16-4-9-20-21(12-16)27-22(13-25-20)28-24(30)26-18-5-7-19(31-3)8-6-18/h4-13,29H,1-3H3,(H2,26,27,28,30). The summed E-state index contributed by atoms with van der Waals surface area (Å²) >= 11 is 0. The number of hydrogen-bond acceptors (Lipinski definition) is 5. The number of benzene rings is 3. The predicted octanol–water partition coefficient (Wildman–Crippen LogP) is 5.27. The quantitative estimate of drug-likeness (QED) is 0.423. The summed E-state index contributed by atoms with van der Waals surface area (Å²) in [5, 5.41) is 15.5. The maximum atomic E-state index is 12.3. The molecule has 0 unspecified atom stereocenters. The number of carbonyl (C=O) groups excluding carboxylic acids is 1. The van der Waals surface area contributed by atoms with Crippen molar-refractivity contribution in [2.75, 3.05) is 17.7 Å². The Morgan fingerprint density at radius 2 is 1.61 bits per heavy atom. The lowest BCUT2D eigenvalue weighted by Crippen LogP contribution is -2.20. The second-order valence-electron chi connectivity index (χ2n) is 7.23. The molecule has 0 fully saturated rings. The molecule has 0 aliphatic heterocycles. The number of nitrogens with zero attached hydrogens (tertiary/aromatic N) is 2. The number of nitrogens with one attached hydrogen (secondary N) is 2. The number of aromatic hydroxyl groups is 1. The summed E-state index contributed by atoms with van der Waals surface area (Å²) in [6.07, 6.45) is 1.52. The van der Waals surface area contributed by atoms with Crippen LogP contribution in [0, 0.1) is 13.8 Å². The highest BCUT2D eigenvalue weighted by atomic mass is 16.5. The second kappa shape index (κ2) is 8.31. The van der Waals surface area contributed by atoms with E-state index in [9.17, 15) is 9.90 Å². The maximum absolute atomic E-state index is 12.3. The van der Waals surface area contributed by atoms with Crippen molar-refractivity contribution in [2.45, 2.75) is 13.8 Å². The van der Waals surface area contributed by atoms with Crippen molar-refractivity contribution in [2.24, 2.45) is 0 Å². The van der Waals surface area contributed by atoms with Crippen LogP contribution in [0.25, 0.3) is 22.2 Å². The van der Waals surface area contributed by atoms with Crippen molar-refractivity contribution in [3.05, 3.63) is 71.9 Å². The van der Waals surface area contributed by atoms with Crippen LogP contribution < -0.4 is 15.4 Å². The summed E-state index contributed by atoms with van der Waals surface area (Å²) in [4.78, 5) is 21.2. The number of ether oxygens (including phenoxy) is 1. The highest BCUT2D eigenvalue weighted by Gasteiger charge is 2.09. The van der Waals surface area contributed by atoms with Gasteiger partial charge in [-0.05, 0) is 84.6 Å². The van der Waals surface area contributed by atoms with Gasteiger partial charge in [0.25, 0.3) is 0 Å². The van der Waals surface area contributed by atoms with E-state index in [1.165, 1.54) is 6.20 Å². The zero-order valence-corrected chi connectivity index (χ0v) is 17.4. The van der Waals surface area contributed by atoms with Gasteiger partial charge in [0.1, 0.15) is 11.5 Å². The smallest absolute Gasteiger partial charge is 0.324 e. The van der Waals surface area contributed by atoms with Crippen LogP contribution in [-0.4, -0.2) is 28.2 Å². The largest absolute Gasteiger partial charge is 0.507 e. The Morgan fingerprint density at radius 1 is 0.903 bits per heavy atom. The third-order valence-electron chi connectivity index (χ3n) is 4.96. The summed E-state index contributed by atoms with van der Waals surface area (Å²) in [6.45, 7) is 3.74. The first kappa shape index (κ1) is 20.2. The molecule has 7 heteroatoms. The first-order chi connectivity index (χ1) is 14.9. The topological polar surface area (TPSA) is 96.4 Å². The number of aromatic nitrogens is 2. The number of carbonyl (C=O) groups is 1.